The predicted octanol–water partition coefficient (Wildman–Crippen LogP) is 4.64. The number of halogens is 3. The zero-order valence-electron chi connectivity index (χ0n) is 16.3. The summed E-state index contributed by atoms with van der Waals surface area (Å²) in [6.45, 7) is 0.157. The summed E-state index contributed by atoms with van der Waals surface area (Å²) in [5.74, 6) is -0.706. The molecule has 164 valence electrons. The Hall–Kier alpha value is -3.73. The van der Waals surface area contributed by atoms with Crippen molar-refractivity contribution in [1.82, 2.24) is 9.88 Å². The highest BCUT2D eigenvalue weighted by atomic mass is 32.1. The number of anilines is 2. The van der Waals surface area contributed by atoms with Crippen molar-refractivity contribution in [3.63, 3.8) is 0 Å². The minimum absolute atomic E-state index is 0.0141. The van der Waals surface area contributed by atoms with E-state index < -0.39 is 17.8 Å². The second kappa shape index (κ2) is 8.42. The van der Waals surface area contributed by atoms with Gasteiger partial charge < -0.3 is 5.32 Å². The van der Waals surface area contributed by atoms with E-state index in [-0.39, 0.29) is 29.2 Å². The smallest absolute Gasteiger partial charge is 0.308 e. The quantitative estimate of drug-likeness (QED) is 0.543. The minimum Gasteiger partial charge on any atom is -0.308 e. The SMILES string of the molecule is O=C(Nc1cccc(C(F)(F)F)c1)Nc1ncc(CCN2C(=O)c3ccccc3C2=O)s1. The van der Waals surface area contributed by atoms with Crippen molar-refractivity contribution in [3.8, 4) is 0 Å². The number of carbonyl (C=O) groups excluding carboxylic acids is 3. The van der Waals surface area contributed by atoms with Gasteiger partial charge in [0.2, 0.25) is 0 Å². The van der Waals surface area contributed by atoms with E-state index in [0.29, 0.717) is 17.5 Å². The fraction of sp³-hybridized carbons (Fsp3) is 0.143. The Morgan fingerprint density at radius 2 is 1.69 bits per heavy atom. The molecule has 0 spiro atoms. The van der Waals surface area contributed by atoms with Gasteiger partial charge in [0.25, 0.3) is 11.8 Å². The molecule has 1 aliphatic heterocycles. The molecular formula is C21H15F3N4O3S. The van der Waals surface area contributed by atoms with Crippen LogP contribution < -0.4 is 10.6 Å². The summed E-state index contributed by atoms with van der Waals surface area (Å²) in [5.41, 5.74) is -0.148. The van der Waals surface area contributed by atoms with Gasteiger partial charge in [-0.05, 0) is 30.3 Å². The first-order valence-corrected chi connectivity index (χ1v) is 10.2. The van der Waals surface area contributed by atoms with Crippen molar-refractivity contribution >= 4 is 40.0 Å². The molecule has 3 aromatic rings. The van der Waals surface area contributed by atoms with Gasteiger partial charge >= 0.3 is 12.2 Å². The molecule has 4 rings (SSSR count). The maximum Gasteiger partial charge on any atom is 0.416 e. The van der Waals surface area contributed by atoms with E-state index in [1.165, 1.54) is 18.3 Å². The molecule has 1 aromatic heterocycles. The number of aromatic nitrogens is 1. The molecule has 0 fully saturated rings. The lowest BCUT2D eigenvalue weighted by molar-refractivity contribution is -0.137. The number of urea groups is 1. The topological polar surface area (TPSA) is 91.4 Å². The molecular weight excluding hydrogens is 445 g/mol. The summed E-state index contributed by atoms with van der Waals surface area (Å²) >= 11 is 1.14. The molecule has 0 bridgehead atoms. The number of thiazole rings is 1. The largest absolute Gasteiger partial charge is 0.416 e. The molecule has 32 heavy (non-hydrogen) atoms. The highest BCUT2D eigenvalue weighted by Crippen LogP contribution is 2.31. The number of nitrogens with one attached hydrogen (secondary N) is 2. The van der Waals surface area contributed by atoms with Crippen molar-refractivity contribution in [1.29, 1.82) is 0 Å². The van der Waals surface area contributed by atoms with Crippen LogP contribution in [0.5, 0.6) is 0 Å². The number of imide groups is 1. The maximum atomic E-state index is 12.8. The minimum atomic E-state index is -4.52. The Kier molecular flexibility index (Phi) is 5.66. The molecule has 11 heteroatoms. The van der Waals surface area contributed by atoms with E-state index in [9.17, 15) is 27.6 Å². The summed E-state index contributed by atoms with van der Waals surface area (Å²) in [4.78, 5) is 42.8. The summed E-state index contributed by atoms with van der Waals surface area (Å²) in [5, 5.41) is 5.02. The summed E-state index contributed by atoms with van der Waals surface area (Å²) in [6.07, 6.45) is -2.67. The van der Waals surface area contributed by atoms with Gasteiger partial charge in [0, 0.05) is 29.7 Å². The van der Waals surface area contributed by atoms with Crippen LogP contribution in [0.1, 0.15) is 31.2 Å². The lowest BCUT2D eigenvalue weighted by Crippen LogP contribution is -2.31. The number of carbonyl (C=O) groups is 3. The number of hydrogen-bond acceptors (Lipinski definition) is 5. The first-order valence-electron chi connectivity index (χ1n) is 9.37. The van der Waals surface area contributed by atoms with Crippen molar-refractivity contribution in [2.45, 2.75) is 12.6 Å². The van der Waals surface area contributed by atoms with E-state index in [0.717, 1.165) is 33.2 Å². The van der Waals surface area contributed by atoms with Crippen molar-refractivity contribution in [2.24, 2.45) is 0 Å². The molecule has 0 saturated heterocycles. The molecule has 0 radical (unpaired) electrons. The molecule has 2 aromatic carbocycles. The van der Waals surface area contributed by atoms with Crippen LogP contribution in [0.25, 0.3) is 0 Å². The lowest BCUT2D eigenvalue weighted by Gasteiger charge is -2.12. The van der Waals surface area contributed by atoms with E-state index in [2.05, 4.69) is 15.6 Å². The van der Waals surface area contributed by atoms with E-state index >= 15 is 0 Å². The summed E-state index contributed by atoms with van der Waals surface area (Å²) in [6, 6.07) is 10.1. The normalized spacial score (nSPS) is 13.3. The number of alkyl halides is 3. The molecule has 7 nitrogen and oxygen atoms in total. The maximum absolute atomic E-state index is 12.8. The fourth-order valence-electron chi connectivity index (χ4n) is 3.18. The van der Waals surface area contributed by atoms with Crippen LogP contribution in [0.3, 0.4) is 0 Å². The number of nitrogens with zero attached hydrogens (tertiary/aromatic N) is 2. The molecule has 0 atom stereocenters. The van der Waals surface area contributed by atoms with E-state index in [1.807, 2.05) is 0 Å². The first-order chi connectivity index (χ1) is 15.2. The highest BCUT2D eigenvalue weighted by molar-refractivity contribution is 7.15. The Labute approximate surface area is 183 Å². The third kappa shape index (κ3) is 4.47. The number of hydrogen-bond donors (Lipinski definition) is 2. The number of benzene rings is 2. The van der Waals surface area contributed by atoms with Crippen LogP contribution in [0.2, 0.25) is 0 Å². The van der Waals surface area contributed by atoms with Crippen LogP contribution in [0.4, 0.5) is 28.8 Å². The Morgan fingerprint density at radius 1 is 1.00 bits per heavy atom. The van der Waals surface area contributed by atoms with Crippen molar-refractivity contribution < 1.29 is 27.6 Å². The summed E-state index contributed by atoms with van der Waals surface area (Å²) < 4.78 is 38.3. The van der Waals surface area contributed by atoms with E-state index in [4.69, 9.17) is 0 Å². The highest BCUT2D eigenvalue weighted by Gasteiger charge is 2.34. The third-order valence-corrected chi connectivity index (χ3v) is 5.65. The molecule has 2 heterocycles. The lowest BCUT2D eigenvalue weighted by atomic mass is 10.1. The van der Waals surface area contributed by atoms with Gasteiger partial charge in [0.05, 0.1) is 16.7 Å². The van der Waals surface area contributed by atoms with Gasteiger partial charge in [0.15, 0.2) is 5.13 Å². The number of amides is 4. The van der Waals surface area contributed by atoms with Crippen LogP contribution in [0, 0.1) is 0 Å². The molecule has 0 unspecified atom stereocenters. The average Bonchev–Trinajstić information content (AvgIpc) is 3.29. The molecule has 0 aliphatic carbocycles. The van der Waals surface area contributed by atoms with Crippen LogP contribution >= 0.6 is 11.3 Å². The van der Waals surface area contributed by atoms with Gasteiger partial charge in [-0.15, -0.1) is 11.3 Å². The number of fused-ring (bicyclic) bond motifs is 1. The Balaban J connectivity index is 1.33. The zero-order valence-corrected chi connectivity index (χ0v) is 17.1. The summed E-state index contributed by atoms with van der Waals surface area (Å²) in [7, 11) is 0. The van der Waals surface area contributed by atoms with Crippen molar-refractivity contribution in [3.05, 3.63) is 76.3 Å². The fourth-order valence-corrected chi connectivity index (χ4v) is 3.97. The molecule has 0 saturated carbocycles. The first kappa shape index (κ1) is 21.5. The monoisotopic (exact) mass is 460 g/mol. The van der Waals surface area contributed by atoms with Crippen LogP contribution in [-0.2, 0) is 12.6 Å². The third-order valence-electron chi connectivity index (χ3n) is 4.68. The second-order valence-corrected chi connectivity index (χ2v) is 7.96. The van der Waals surface area contributed by atoms with Gasteiger partial charge in [0.1, 0.15) is 0 Å². The van der Waals surface area contributed by atoms with Gasteiger partial charge in [-0.25, -0.2) is 9.78 Å². The number of rotatable bonds is 5. The second-order valence-electron chi connectivity index (χ2n) is 6.85. The van der Waals surface area contributed by atoms with Gasteiger partial charge in [-0.1, -0.05) is 18.2 Å². The molecule has 2 N–H and O–H groups in total. The average molecular weight is 460 g/mol. The van der Waals surface area contributed by atoms with E-state index in [1.54, 1.807) is 24.3 Å². The molecule has 4 amide bonds. The zero-order chi connectivity index (χ0) is 22.9. The van der Waals surface area contributed by atoms with Gasteiger partial charge in [-0.2, -0.15) is 13.2 Å². The van der Waals surface area contributed by atoms with Crippen LogP contribution in [0.15, 0.2) is 54.7 Å². The molecule has 1 aliphatic rings. The predicted molar refractivity (Wildman–Crippen MR) is 112 cm³/mol. The Morgan fingerprint density at radius 3 is 2.34 bits per heavy atom. The van der Waals surface area contributed by atoms with Gasteiger partial charge in [-0.3, -0.25) is 19.8 Å². The van der Waals surface area contributed by atoms with Crippen LogP contribution in [-0.4, -0.2) is 34.3 Å². The Bertz CT molecular complexity index is 1170. The van der Waals surface area contributed by atoms with Crippen molar-refractivity contribution in [2.75, 3.05) is 17.2 Å². The standard InChI is InChI=1S/C21H15F3N4O3S/c22-21(23,24)12-4-3-5-13(10-12)26-19(31)27-20-25-11-14(32-20)8-9-28-17(29)15-6-1-2-7-16(15)18(28)30/h1-7,10-11H,8-9H2,(H2,25,26,27,31).